The van der Waals surface area contributed by atoms with Gasteiger partial charge >= 0.3 is 0 Å². The van der Waals surface area contributed by atoms with Crippen molar-refractivity contribution in [3.05, 3.63) is 36.0 Å². The van der Waals surface area contributed by atoms with Gasteiger partial charge in [0.05, 0.1) is 5.75 Å². The van der Waals surface area contributed by atoms with E-state index in [4.69, 9.17) is 4.42 Å². The molecule has 72 valence electrons. The number of hydrogen-bond donors (Lipinski definition) is 1. The molecule has 5 heteroatoms. The highest BCUT2D eigenvalue weighted by Gasteiger charge is 2.06. The quantitative estimate of drug-likeness (QED) is 0.773. The number of aromatic nitrogens is 2. The average Bonchev–Trinajstić information content (AvgIpc) is 2.67. The van der Waals surface area contributed by atoms with Gasteiger partial charge in [0.2, 0.25) is 11.8 Å². The summed E-state index contributed by atoms with van der Waals surface area (Å²) in [4.78, 5) is 0. The van der Waals surface area contributed by atoms with Crippen molar-refractivity contribution in [1.29, 1.82) is 0 Å². The van der Waals surface area contributed by atoms with Gasteiger partial charge in [0.25, 0.3) is 0 Å². The third-order valence-electron chi connectivity index (χ3n) is 1.69. The molecule has 0 aliphatic heterocycles. The van der Waals surface area contributed by atoms with Crippen molar-refractivity contribution in [2.75, 3.05) is 0 Å². The first-order valence-corrected chi connectivity index (χ1v) is 4.62. The van der Waals surface area contributed by atoms with Crippen molar-refractivity contribution < 1.29 is 8.81 Å². The van der Waals surface area contributed by atoms with E-state index in [-0.39, 0.29) is 5.82 Å². The highest BCUT2D eigenvalue weighted by atomic mass is 32.1. The number of hydrogen-bond acceptors (Lipinski definition) is 4. The molecule has 3 nitrogen and oxygen atoms in total. The molecule has 1 aromatic carbocycles. The molecule has 0 saturated carbocycles. The first-order chi connectivity index (χ1) is 6.79. The molecule has 0 aliphatic rings. The van der Waals surface area contributed by atoms with Gasteiger partial charge in [0.1, 0.15) is 5.82 Å². The Morgan fingerprint density at radius 3 is 2.50 bits per heavy atom. The predicted octanol–water partition coefficient (Wildman–Crippen LogP) is 2.31. The zero-order chi connectivity index (χ0) is 9.97. The minimum absolute atomic E-state index is 0.289. The van der Waals surface area contributed by atoms with E-state index in [0.29, 0.717) is 23.1 Å². The molecule has 0 spiro atoms. The Balaban J connectivity index is 2.34. The number of benzene rings is 1. The molecular weight excluding hydrogens is 203 g/mol. The van der Waals surface area contributed by atoms with E-state index >= 15 is 0 Å². The average molecular weight is 210 g/mol. The number of halogens is 1. The number of thiol groups is 1. The van der Waals surface area contributed by atoms with E-state index in [1.807, 2.05) is 0 Å². The van der Waals surface area contributed by atoms with Gasteiger partial charge in [-0.2, -0.15) is 12.6 Å². The van der Waals surface area contributed by atoms with Crippen LogP contribution in [0.1, 0.15) is 5.89 Å². The van der Waals surface area contributed by atoms with Crippen LogP contribution in [0.5, 0.6) is 0 Å². The van der Waals surface area contributed by atoms with Gasteiger partial charge in [-0.1, -0.05) is 0 Å². The molecule has 0 saturated heterocycles. The van der Waals surface area contributed by atoms with Crippen LogP contribution in [0.2, 0.25) is 0 Å². The lowest BCUT2D eigenvalue weighted by molar-refractivity contribution is 0.529. The molecule has 2 rings (SSSR count). The largest absolute Gasteiger partial charge is 0.420 e. The van der Waals surface area contributed by atoms with E-state index in [2.05, 4.69) is 22.8 Å². The molecule has 0 radical (unpaired) electrons. The van der Waals surface area contributed by atoms with Gasteiger partial charge < -0.3 is 4.42 Å². The number of nitrogens with zero attached hydrogens (tertiary/aromatic N) is 2. The van der Waals surface area contributed by atoms with Gasteiger partial charge in [0.15, 0.2) is 0 Å². The van der Waals surface area contributed by atoms with Gasteiger partial charge in [-0.25, -0.2) is 4.39 Å². The van der Waals surface area contributed by atoms with Crippen molar-refractivity contribution in [3.63, 3.8) is 0 Å². The summed E-state index contributed by atoms with van der Waals surface area (Å²) in [7, 11) is 0. The molecule has 0 N–H and O–H groups in total. The first kappa shape index (κ1) is 9.21. The SMILES string of the molecule is Fc1ccc(-c2nnc(CS)o2)cc1. The Morgan fingerprint density at radius 2 is 1.93 bits per heavy atom. The van der Waals surface area contributed by atoms with Crippen LogP contribution in [0.15, 0.2) is 28.7 Å². The van der Waals surface area contributed by atoms with Crippen LogP contribution in [-0.2, 0) is 5.75 Å². The standard InChI is InChI=1S/C9H7FN2OS/c10-7-3-1-6(2-4-7)9-12-11-8(5-14)13-9/h1-4,14H,5H2. The van der Waals surface area contributed by atoms with Crippen molar-refractivity contribution in [2.45, 2.75) is 5.75 Å². The molecule has 14 heavy (non-hydrogen) atoms. The normalized spacial score (nSPS) is 10.4. The molecule has 0 bridgehead atoms. The van der Waals surface area contributed by atoms with Gasteiger partial charge in [0, 0.05) is 5.56 Å². The summed E-state index contributed by atoms with van der Waals surface area (Å²) in [5.41, 5.74) is 0.701. The van der Waals surface area contributed by atoms with Crippen LogP contribution >= 0.6 is 12.6 Å². The Hall–Kier alpha value is -1.36. The lowest BCUT2D eigenvalue weighted by atomic mass is 10.2. The fourth-order valence-electron chi connectivity index (χ4n) is 1.03. The van der Waals surface area contributed by atoms with Gasteiger partial charge in [-0.3, -0.25) is 0 Å². The fraction of sp³-hybridized carbons (Fsp3) is 0.111. The molecule has 1 heterocycles. The topological polar surface area (TPSA) is 38.9 Å². The van der Waals surface area contributed by atoms with E-state index in [1.165, 1.54) is 12.1 Å². The van der Waals surface area contributed by atoms with Crippen LogP contribution < -0.4 is 0 Å². The highest BCUT2D eigenvalue weighted by molar-refractivity contribution is 7.79. The molecule has 0 amide bonds. The Morgan fingerprint density at radius 1 is 1.21 bits per heavy atom. The Bertz CT molecular complexity index is 427. The summed E-state index contributed by atoms with van der Waals surface area (Å²) in [6.45, 7) is 0. The molecule has 1 aromatic heterocycles. The summed E-state index contributed by atoms with van der Waals surface area (Å²) in [5, 5.41) is 7.55. The summed E-state index contributed by atoms with van der Waals surface area (Å²) in [6, 6.07) is 5.87. The zero-order valence-electron chi connectivity index (χ0n) is 7.14. The van der Waals surface area contributed by atoms with Gasteiger partial charge in [-0.15, -0.1) is 10.2 Å². The molecule has 0 fully saturated rings. The van der Waals surface area contributed by atoms with Crippen LogP contribution in [0, 0.1) is 5.82 Å². The smallest absolute Gasteiger partial charge is 0.247 e. The second kappa shape index (κ2) is 3.79. The minimum atomic E-state index is -0.289. The van der Waals surface area contributed by atoms with Crippen LogP contribution in [0.25, 0.3) is 11.5 Å². The van der Waals surface area contributed by atoms with E-state index in [9.17, 15) is 4.39 Å². The maximum atomic E-state index is 12.6. The number of rotatable bonds is 2. The van der Waals surface area contributed by atoms with E-state index < -0.39 is 0 Å². The highest BCUT2D eigenvalue weighted by Crippen LogP contribution is 2.18. The summed E-state index contributed by atoms with van der Waals surface area (Å²) >= 11 is 4.00. The van der Waals surface area contributed by atoms with Gasteiger partial charge in [-0.05, 0) is 24.3 Å². The molecule has 2 aromatic rings. The molecular formula is C9H7FN2OS. The summed E-state index contributed by atoms with van der Waals surface area (Å²) < 4.78 is 17.8. The predicted molar refractivity (Wildman–Crippen MR) is 52.4 cm³/mol. The maximum Gasteiger partial charge on any atom is 0.247 e. The molecule has 0 aliphatic carbocycles. The monoisotopic (exact) mass is 210 g/mol. The second-order valence-corrected chi connectivity index (χ2v) is 2.98. The van der Waals surface area contributed by atoms with Crippen LogP contribution in [0.4, 0.5) is 4.39 Å². The molecule has 0 atom stereocenters. The Labute approximate surface area is 85.4 Å². The zero-order valence-corrected chi connectivity index (χ0v) is 8.04. The minimum Gasteiger partial charge on any atom is -0.420 e. The third-order valence-corrected chi connectivity index (χ3v) is 1.96. The van der Waals surface area contributed by atoms with E-state index in [0.717, 1.165) is 0 Å². The lowest BCUT2D eigenvalue weighted by Gasteiger charge is -1.92. The van der Waals surface area contributed by atoms with E-state index in [1.54, 1.807) is 12.1 Å². The van der Waals surface area contributed by atoms with Crippen LogP contribution in [-0.4, -0.2) is 10.2 Å². The Kier molecular flexibility index (Phi) is 2.49. The second-order valence-electron chi connectivity index (χ2n) is 2.67. The first-order valence-electron chi connectivity index (χ1n) is 3.99. The summed E-state index contributed by atoms with van der Waals surface area (Å²) in [5.74, 6) is 0.943. The fourth-order valence-corrected chi connectivity index (χ4v) is 1.15. The van der Waals surface area contributed by atoms with Crippen molar-refractivity contribution in [1.82, 2.24) is 10.2 Å². The third kappa shape index (κ3) is 1.77. The van der Waals surface area contributed by atoms with Crippen molar-refractivity contribution in [3.8, 4) is 11.5 Å². The maximum absolute atomic E-state index is 12.6. The molecule has 0 unspecified atom stereocenters. The van der Waals surface area contributed by atoms with Crippen molar-refractivity contribution >= 4 is 12.6 Å². The summed E-state index contributed by atoms with van der Waals surface area (Å²) in [6.07, 6.45) is 0. The van der Waals surface area contributed by atoms with Crippen molar-refractivity contribution in [2.24, 2.45) is 0 Å². The van der Waals surface area contributed by atoms with Crippen LogP contribution in [0.3, 0.4) is 0 Å². The lowest BCUT2D eigenvalue weighted by Crippen LogP contribution is -1.78.